The van der Waals surface area contributed by atoms with Gasteiger partial charge in [0.2, 0.25) is 5.91 Å². The maximum absolute atomic E-state index is 12.1. The van der Waals surface area contributed by atoms with Crippen molar-refractivity contribution in [1.29, 1.82) is 0 Å². The molecule has 0 aliphatic carbocycles. The Bertz CT molecular complexity index is 548. The maximum Gasteiger partial charge on any atom is 0.220 e. The first-order valence-electron chi connectivity index (χ1n) is 7.53. The van der Waals surface area contributed by atoms with Gasteiger partial charge < -0.3 is 5.32 Å². The third-order valence-electron chi connectivity index (χ3n) is 3.48. The molecule has 1 amide bonds. The zero-order chi connectivity index (χ0) is 15.1. The molecule has 110 valence electrons. The van der Waals surface area contributed by atoms with Crippen LogP contribution in [-0.4, -0.2) is 11.9 Å². The number of carbonyl (C=O) groups excluding carboxylic acids is 1. The van der Waals surface area contributed by atoms with Crippen LogP contribution in [-0.2, 0) is 11.2 Å². The van der Waals surface area contributed by atoms with E-state index in [1.807, 2.05) is 50.2 Å². The zero-order valence-corrected chi connectivity index (χ0v) is 12.8. The average molecular weight is 281 g/mol. The number of carbonyl (C=O) groups is 1. The van der Waals surface area contributed by atoms with Gasteiger partial charge in [0, 0.05) is 12.5 Å². The van der Waals surface area contributed by atoms with E-state index in [0.717, 1.165) is 6.42 Å². The van der Waals surface area contributed by atoms with E-state index in [-0.39, 0.29) is 17.9 Å². The van der Waals surface area contributed by atoms with Gasteiger partial charge in [0.05, 0.1) is 0 Å². The highest BCUT2D eigenvalue weighted by molar-refractivity contribution is 5.77. The first-order valence-corrected chi connectivity index (χ1v) is 7.53. The van der Waals surface area contributed by atoms with Crippen molar-refractivity contribution in [3.05, 3.63) is 71.8 Å². The summed E-state index contributed by atoms with van der Waals surface area (Å²) < 4.78 is 0. The maximum atomic E-state index is 12.1. The highest BCUT2D eigenvalue weighted by Crippen LogP contribution is 2.24. The Morgan fingerprint density at radius 3 is 2.10 bits per heavy atom. The molecule has 0 aromatic heterocycles. The predicted octanol–water partition coefficient (Wildman–Crippen LogP) is 3.93. The molecule has 21 heavy (non-hydrogen) atoms. The lowest BCUT2D eigenvalue weighted by Crippen LogP contribution is -2.31. The van der Waals surface area contributed by atoms with Gasteiger partial charge in [0.1, 0.15) is 0 Å². The van der Waals surface area contributed by atoms with Gasteiger partial charge in [-0.2, -0.15) is 0 Å². The normalized spacial score (nSPS) is 12.1. The van der Waals surface area contributed by atoms with Crippen LogP contribution < -0.4 is 5.32 Å². The van der Waals surface area contributed by atoms with Crippen molar-refractivity contribution in [3.63, 3.8) is 0 Å². The van der Waals surface area contributed by atoms with Crippen LogP contribution in [0.5, 0.6) is 0 Å². The van der Waals surface area contributed by atoms with E-state index in [9.17, 15) is 4.79 Å². The van der Waals surface area contributed by atoms with E-state index in [1.165, 1.54) is 11.1 Å². The van der Waals surface area contributed by atoms with Gasteiger partial charge in [0.15, 0.2) is 0 Å². The smallest absolute Gasteiger partial charge is 0.220 e. The fraction of sp³-hybridized carbons (Fsp3) is 0.316. The van der Waals surface area contributed by atoms with Crippen LogP contribution in [0, 0.1) is 0 Å². The van der Waals surface area contributed by atoms with Crippen molar-refractivity contribution in [3.8, 4) is 0 Å². The fourth-order valence-corrected chi connectivity index (χ4v) is 2.54. The second-order valence-electron chi connectivity index (χ2n) is 5.72. The lowest BCUT2D eigenvalue weighted by Gasteiger charge is -2.18. The molecule has 1 unspecified atom stereocenters. The number of hydrogen-bond donors (Lipinski definition) is 1. The number of hydrogen-bond acceptors (Lipinski definition) is 1. The van der Waals surface area contributed by atoms with E-state index in [4.69, 9.17) is 0 Å². The molecule has 0 spiro atoms. The van der Waals surface area contributed by atoms with Crippen LogP contribution in [0.1, 0.15) is 37.3 Å². The molecule has 0 aliphatic heterocycles. The number of amides is 1. The summed E-state index contributed by atoms with van der Waals surface area (Å²) in [5, 5.41) is 2.99. The molecule has 2 heteroatoms. The minimum atomic E-state index is 0.120. The topological polar surface area (TPSA) is 29.1 Å². The quantitative estimate of drug-likeness (QED) is 0.854. The summed E-state index contributed by atoms with van der Waals surface area (Å²) in [6.07, 6.45) is 1.41. The van der Waals surface area contributed by atoms with Crippen LogP contribution in [0.25, 0.3) is 0 Å². The standard InChI is InChI=1S/C19H23NO/c1-15(2)20-19(21)14-18(17-11-7-4-8-12-17)13-16-9-5-3-6-10-16/h3-12,15,18H,13-14H2,1-2H3,(H,20,21). The van der Waals surface area contributed by atoms with Crippen LogP contribution in [0.15, 0.2) is 60.7 Å². The van der Waals surface area contributed by atoms with Gasteiger partial charge in [-0.3, -0.25) is 4.79 Å². The summed E-state index contributed by atoms with van der Waals surface area (Å²) in [6, 6.07) is 20.8. The van der Waals surface area contributed by atoms with E-state index < -0.39 is 0 Å². The molecule has 2 aromatic rings. The molecule has 1 atom stereocenters. The molecule has 0 heterocycles. The summed E-state index contributed by atoms with van der Waals surface area (Å²) in [4.78, 5) is 12.1. The van der Waals surface area contributed by atoms with Crippen molar-refractivity contribution >= 4 is 5.91 Å². The van der Waals surface area contributed by atoms with E-state index in [1.54, 1.807) is 0 Å². The monoisotopic (exact) mass is 281 g/mol. The van der Waals surface area contributed by atoms with E-state index in [2.05, 4.69) is 29.6 Å². The van der Waals surface area contributed by atoms with Crippen molar-refractivity contribution in [2.45, 2.75) is 38.6 Å². The number of nitrogens with one attached hydrogen (secondary N) is 1. The molecule has 0 saturated carbocycles. The van der Waals surface area contributed by atoms with Crippen molar-refractivity contribution < 1.29 is 4.79 Å². The lowest BCUT2D eigenvalue weighted by molar-refractivity contribution is -0.121. The van der Waals surface area contributed by atoms with Gasteiger partial charge in [-0.1, -0.05) is 60.7 Å². The molecule has 0 saturated heterocycles. The average Bonchev–Trinajstić information content (AvgIpc) is 2.48. The summed E-state index contributed by atoms with van der Waals surface area (Å²) in [6.45, 7) is 3.99. The lowest BCUT2D eigenvalue weighted by atomic mass is 9.89. The minimum Gasteiger partial charge on any atom is -0.354 e. The summed E-state index contributed by atoms with van der Waals surface area (Å²) in [7, 11) is 0. The Balaban J connectivity index is 2.13. The minimum absolute atomic E-state index is 0.120. The van der Waals surface area contributed by atoms with E-state index in [0.29, 0.717) is 6.42 Å². The summed E-state index contributed by atoms with van der Waals surface area (Å²) >= 11 is 0. The molecular weight excluding hydrogens is 258 g/mol. The first-order chi connectivity index (χ1) is 10.1. The van der Waals surface area contributed by atoms with Gasteiger partial charge in [0.25, 0.3) is 0 Å². The third-order valence-corrected chi connectivity index (χ3v) is 3.48. The SMILES string of the molecule is CC(C)NC(=O)CC(Cc1ccccc1)c1ccccc1. The molecule has 2 rings (SSSR count). The fourth-order valence-electron chi connectivity index (χ4n) is 2.54. The molecule has 0 radical (unpaired) electrons. The molecule has 1 N–H and O–H groups in total. The van der Waals surface area contributed by atoms with Crippen molar-refractivity contribution in [1.82, 2.24) is 5.32 Å². The molecule has 2 nitrogen and oxygen atoms in total. The molecule has 0 aliphatic rings. The van der Waals surface area contributed by atoms with Crippen molar-refractivity contribution in [2.24, 2.45) is 0 Å². The summed E-state index contributed by atoms with van der Waals surface area (Å²) in [5.41, 5.74) is 2.49. The van der Waals surface area contributed by atoms with Crippen molar-refractivity contribution in [2.75, 3.05) is 0 Å². The van der Waals surface area contributed by atoms with Crippen LogP contribution >= 0.6 is 0 Å². The zero-order valence-electron chi connectivity index (χ0n) is 12.8. The predicted molar refractivity (Wildman–Crippen MR) is 87.2 cm³/mol. The van der Waals surface area contributed by atoms with E-state index >= 15 is 0 Å². The van der Waals surface area contributed by atoms with Crippen LogP contribution in [0.2, 0.25) is 0 Å². The number of rotatable bonds is 6. The van der Waals surface area contributed by atoms with Gasteiger partial charge in [-0.15, -0.1) is 0 Å². The second-order valence-corrected chi connectivity index (χ2v) is 5.72. The molecule has 2 aromatic carbocycles. The second kappa shape index (κ2) is 7.63. The van der Waals surface area contributed by atoms with Gasteiger partial charge in [-0.05, 0) is 37.3 Å². The highest BCUT2D eigenvalue weighted by atomic mass is 16.1. The van der Waals surface area contributed by atoms with Gasteiger partial charge >= 0.3 is 0 Å². The van der Waals surface area contributed by atoms with Crippen LogP contribution in [0.3, 0.4) is 0 Å². The third kappa shape index (κ3) is 5.07. The summed E-state index contributed by atoms with van der Waals surface area (Å²) in [5.74, 6) is 0.335. The number of benzene rings is 2. The molecule has 0 bridgehead atoms. The Hall–Kier alpha value is -2.09. The highest BCUT2D eigenvalue weighted by Gasteiger charge is 2.17. The van der Waals surface area contributed by atoms with Gasteiger partial charge in [-0.25, -0.2) is 0 Å². The first kappa shape index (κ1) is 15.3. The Morgan fingerprint density at radius 2 is 1.52 bits per heavy atom. The molecule has 0 fully saturated rings. The largest absolute Gasteiger partial charge is 0.354 e. The molecular formula is C19H23NO. The van der Waals surface area contributed by atoms with Crippen LogP contribution in [0.4, 0.5) is 0 Å². The Kier molecular flexibility index (Phi) is 5.56. The Morgan fingerprint density at radius 1 is 0.952 bits per heavy atom. The Labute approximate surface area is 127 Å².